The number of hydrogen-bond acceptors (Lipinski definition) is 4. The van der Waals surface area contributed by atoms with Crippen LogP contribution in [0.4, 0.5) is 0 Å². The number of hydrogen-bond donors (Lipinski definition) is 2. The van der Waals surface area contributed by atoms with Crippen molar-refractivity contribution in [3.05, 3.63) is 36.2 Å². The Labute approximate surface area is 112 Å². The summed E-state index contributed by atoms with van der Waals surface area (Å²) in [5, 5.41) is 5.95. The van der Waals surface area contributed by atoms with E-state index in [0.717, 1.165) is 16.7 Å². The van der Waals surface area contributed by atoms with Crippen LogP contribution in [0, 0.1) is 0 Å². The Kier molecular flexibility index (Phi) is 4.80. The topological polar surface area (TPSA) is 66.9 Å². The Morgan fingerprint density at radius 3 is 2.84 bits per heavy atom. The van der Waals surface area contributed by atoms with Crippen LogP contribution in [0.5, 0.6) is 0 Å². The van der Waals surface area contributed by atoms with Gasteiger partial charge in [-0.15, -0.1) is 0 Å². The maximum absolute atomic E-state index is 11.3. The second-order valence-corrected chi connectivity index (χ2v) is 4.23. The van der Waals surface area contributed by atoms with Gasteiger partial charge in [-0.1, -0.05) is 12.1 Å². The van der Waals surface area contributed by atoms with Crippen LogP contribution < -0.4 is 10.6 Å². The molecule has 19 heavy (non-hydrogen) atoms. The molecule has 0 atom stereocenters. The number of aromatic nitrogens is 2. The molecule has 0 aliphatic rings. The first kappa shape index (κ1) is 13.4. The molecule has 100 valence electrons. The van der Waals surface area contributed by atoms with Gasteiger partial charge in [0.15, 0.2) is 0 Å². The third kappa shape index (κ3) is 3.99. The minimum Gasteiger partial charge on any atom is -0.356 e. The van der Waals surface area contributed by atoms with Crippen molar-refractivity contribution in [2.45, 2.75) is 19.9 Å². The quantitative estimate of drug-likeness (QED) is 0.765. The number of nitrogens with zero attached hydrogens (tertiary/aromatic N) is 2. The van der Waals surface area contributed by atoms with Crippen molar-refractivity contribution in [2.75, 3.05) is 13.1 Å². The molecule has 0 fully saturated rings. The molecule has 2 N–H and O–H groups in total. The minimum absolute atomic E-state index is 0.0691. The van der Waals surface area contributed by atoms with Crippen LogP contribution in [0.3, 0.4) is 0 Å². The fourth-order valence-corrected chi connectivity index (χ4v) is 1.78. The number of nitrogens with one attached hydrogen (secondary N) is 2. The maximum Gasteiger partial charge on any atom is 0.221 e. The lowest BCUT2D eigenvalue weighted by Crippen LogP contribution is -2.27. The summed E-state index contributed by atoms with van der Waals surface area (Å²) in [6.07, 6.45) is 2.25. The highest BCUT2D eigenvalue weighted by molar-refractivity contribution is 5.76. The number of rotatable bonds is 6. The molecule has 0 unspecified atom stereocenters. The molecule has 0 aliphatic carbocycles. The van der Waals surface area contributed by atoms with Gasteiger partial charge in [-0.25, -0.2) is 4.98 Å². The SMILES string of the molecule is CCNC(=O)CCNCc1cnc2ccccc2n1. The van der Waals surface area contributed by atoms with Crippen LogP contribution >= 0.6 is 0 Å². The summed E-state index contributed by atoms with van der Waals surface area (Å²) < 4.78 is 0. The lowest BCUT2D eigenvalue weighted by atomic mass is 10.3. The van der Waals surface area contributed by atoms with Crippen LogP contribution in [0.1, 0.15) is 19.0 Å². The third-order valence-corrected chi connectivity index (χ3v) is 2.71. The van der Waals surface area contributed by atoms with E-state index in [1.807, 2.05) is 31.2 Å². The van der Waals surface area contributed by atoms with E-state index >= 15 is 0 Å². The molecule has 0 spiro atoms. The molecule has 0 aliphatic heterocycles. The number of carbonyl (C=O) groups is 1. The van der Waals surface area contributed by atoms with Gasteiger partial charge in [0.25, 0.3) is 0 Å². The van der Waals surface area contributed by atoms with E-state index in [0.29, 0.717) is 26.1 Å². The summed E-state index contributed by atoms with van der Waals surface area (Å²) in [5.74, 6) is 0.0691. The van der Waals surface area contributed by atoms with E-state index in [1.165, 1.54) is 0 Å². The Balaban J connectivity index is 1.83. The van der Waals surface area contributed by atoms with Crippen molar-refractivity contribution >= 4 is 16.9 Å². The van der Waals surface area contributed by atoms with Crippen molar-refractivity contribution in [1.29, 1.82) is 0 Å². The van der Waals surface area contributed by atoms with Crippen molar-refractivity contribution in [2.24, 2.45) is 0 Å². The molecule has 2 aromatic rings. The average molecular weight is 258 g/mol. The minimum atomic E-state index is 0.0691. The largest absolute Gasteiger partial charge is 0.356 e. The van der Waals surface area contributed by atoms with Gasteiger partial charge >= 0.3 is 0 Å². The molecule has 2 rings (SSSR count). The van der Waals surface area contributed by atoms with E-state index in [4.69, 9.17) is 0 Å². The summed E-state index contributed by atoms with van der Waals surface area (Å²) in [5.41, 5.74) is 2.67. The van der Waals surface area contributed by atoms with E-state index in [2.05, 4.69) is 20.6 Å². The molecule has 0 radical (unpaired) electrons. The van der Waals surface area contributed by atoms with Gasteiger partial charge in [-0.05, 0) is 19.1 Å². The van der Waals surface area contributed by atoms with Gasteiger partial charge in [0, 0.05) is 26.1 Å². The molecule has 1 amide bonds. The fraction of sp³-hybridized carbons (Fsp3) is 0.357. The van der Waals surface area contributed by atoms with E-state index in [1.54, 1.807) is 6.20 Å². The van der Waals surface area contributed by atoms with E-state index < -0.39 is 0 Å². The van der Waals surface area contributed by atoms with Gasteiger partial charge in [-0.3, -0.25) is 9.78 Å². The first-order chi connectivity index (χ1) is 9.29. The van der Waals surface area contributed by atoms with E-state index in [-0.39, 0.29) is 5.91 Å². The number of carbonyl (C=O) groups excluding carboxylic acids is 1. The van der Waals surface area contributed by atoms with Crippen LogP contribution in [0.2, 0.25) is 0 Å². The summed E-state index contributed by atoms with van der Waals surface area (Å²) in [4.78, 5) is 20.1. The first-order valence-electron chi connectivity index (χ1n) is 6.47. The summed E-state index contributed by atoms with van der Waals surface area (Å²) >= 11 is 0. The van der Waals surface area contributed by atoms with Gasteiger partial charge in [0.05, 0.1) is 22.9 Å². The second-order valence-electron chi connectivity index (χ2n) is 4.23. The number of benzene rings is 1. The molecule has 5 nitrogen and oxygen atoms in total. The summed E-state index contributed by atoms with van der Waals surface area (Å²) in [6, 6.07) is 7.78. The summed E-state index contributed by atoms with van der Waals surface area (Å²) in [7, 11) is 0. The predicted octanol–water partition coefficient (Wildman–Crippen LogP) is 1.25. The average Bonchev–Trinajstić information content (AvgIpc) is 2.44. The van der Waals surface area contributed by atoms with Gasteiger partial charge < -0.3 is 10.6 Å². The highest BCUT2D eigenvalue weighted by atomic mass is 16.1. The molecule has 1 heterocycles. The van der Waals surface area contributed by atoms with Crippen molar-refractivity contribution in [3.63, 3.8) is 0 Å². The van der Waals surface area contributed by atoms with Crippen molar-refractivity contribution in [3.8, 4) is 0 Å². The van der Waals surface area contributed by atoms with Crippen LogP contribution in [0.15, 0.2) is 30.5 Å². The zero-order valence-electron chi connectivity index (χ0n) is 11.0. The van der Waals surface area contributed by atoms with Crippen molar-refractivity contribution in [1.82, 2.24) is 20.6 Å². The smallest absolute Gasteiger partial charge is 0.221 e. The normalized spacial score (nSPS) is 10.6. The Hall–Kier alpha value is -2.01. The van der Waals surface area contributed by atoms with Crippen LogP contribution in [0.25, 0.3) is 11.0 Å². The standard InChI is InChI=1S/C14H18N4O/c1-2-16-14(19)7-8-15-9-11-10-17-12-5-3-4-6-13(12)18-11/h3-6,10,15H,2,7-9H2,1H3,(H,16,19). The lowest BCUT2D eigenvalue weighted by Gasteiger charge is -2.05. The molecule has 1 aromatic heterocycles. The first-order valence-corrected chi connectivity index (χ1v) is 6.47. The van der Waals surface area contributed by atoms with E-state index in [9.17, 15) is 4.79 Å². The van der Waals surface area contributed by atoms with Crippen LogP contribution in [-0.2, 0) is 11.3 Å². The number of amides is 1. The molecule has 5 heteroatoms. The van der Waals surface area contributed by atoms with Gasteiger partial charge in [-0.2, -0.15) is 0 Å². The number of para-hydroxylation sites is 2. The predicted molar refractivity (Wildman–Crippen MR) is 74.5 cm³/mol. The highest BCUT2D eigenvalue weighted by Gasteiger charge is 2.01. The zero-order chi connectivity index (χ0) is 13.5. The molecule has 0 saturated carbocycles. The van der Waals surface area contributed by atoms with Crippen molar-refractivity contribution < 1.29 is 4.79 Å². The Bertz CT molecular complexity index is 556. The molecule has 0 saturated heterocycles. The summed E-state index contributed by atoms with van der Waals surface area (Å²) in [6.45, 7) is 3.85. The molecule has 1 aromatic carbocycles. The highest BCUT2D eigenvalue weighted by Crippen LogP contribution is 2.07. The van der Waals surface area contributed by atoms with Gasteiger partial charge in [0.2, 0.25) is 5.91 Å². The van der Waals surface area contributed by atoms with Crippen LogP contribution in [-0.4, -0.2) is 29.0 Å². The van der Waals surface area contributed by atoms with Gasteiger partial charge in [0.1, 0.15) is 0 Å². The fourth-order valence-electron chi connectivity index (χ4n) is 1.78. The monoisotopic (exact) mass is 258 g/mol. The molecule has 0 bridgehead atoms. The maximum atomic E-state index is 11.3. The molecular weight excluding hydrogens is 240 g/mol. The zero-order valence-corrected chi connectivity index (χ0v) is 11.0. The lowest BCUT2D eigenvalue weighted by molar-refractivity contribution is -0.120. The number of fused-ring (bicyclic) bond motifs is 1. The second kappa shape index (κ2) is 6.80. The Morgan fingerprint density at radius 2 is 2.05 bits per heavy atom. The molecular formula is C14H18N4O. The Morgan fingerprint density at radius 1 is 1.26 bits per heavy atom. The third-order valence-electron chi connectivity index (χ3n) is 2.71.